The van der Waals surface area contributed by atoms with Crippen LogP contribution in [-0.2, 0) is 13.1 Å². The molecule has 0 radical (unpaired) electrons. The van der Waals surface area contributed by atoms with Crippen molar-refractivity contribution >= 4 is 11.4 Å². The van der Waals surface area contributed by atoms with Crippen molar-refractivity contribution in [2.24, 2.45) is 0 Å². The maximum Gasteiger partial charge on any atom is 0.0948 e. The molecule has 4 heteroatoms. The largest absolute Gasteiger partial charge is 0.378 e. The second-order valence-corrected chi connectivity index (χ2v) is 5.24. The lowest BCUT2D eigenvalue weighted by Gasteiger charge is -2.22. The van der Waals surface area contributed by atoms with Crippen molar-refractivity contribution in [3.8, 4) is 0 Å². The maximum atomic E-state index is 4.22. The van der Waals surface area contributed by atoms with Gasteiger partial charge >= 0.3 is 0 Å². The fourth-order valence-corrected chi connectivity index (χ4v) is 2.82. The van der Waals surface area contributed by atoms with E-state index in [1.807, 2.05) is 12.5 Å². The van der Waals surface area contributed by atoms with Crippen LogP contribution in [0.2, 0.25) is 0 Å². The molecule has 0 unspecified atom stereocenters. The minimum Gasteiger partial charge on any atom is -0.378 e. The lowest BCUT2D eigenvalue weighted by molar-refractivity contribution is 0.719. The summed E-state index contributed by atoms with van der Waals surface area (Å²) in [5.41, 5.74) is 3.77. The summed E-state index contributed by atoms with van der Waals surface area (Å²) < 4.78 is 2.17. The van der Waals surface area contributed by atoms with Gasteiger partial charge in [0.25, 0.3) is 0 Å². The van der Waals surface area contributed by atoms with Gasteiger partial charge < -0.3 is 14.8 Å². The van der Waals surface area contributed by atoms with E-state index in [4.69, 9.17) is 0 Å². The van der Waals surface area contributed by atoms with Crippen LogP contribution in [0.3, 0.4) is 0 Å². The number of hydrogen-bond acceptors (Lipinski definition) is 3. The van der Waals surface area contributed by atoms with Crippen molar-refractivity contribution in [2.75, 3.05) is 23.3 Å². The zero-order valence-electron chi connectivity index (χ0n) is 12.0. The Morgan fingerprint density at radius 2 is 2.00 bits per heavy atom. The number of aromatic nitrogens is 2. The van der Waals surface area contributed by atoms with E-state index in [-0.39, 0.29) is 0 Å². The van der Waals surface area contributed by atoms with E-state index in [9.17, 15) is 0 Å². The summed E-state index contributed by atoms with van der Waals surface area (Å²) >= 11 is 0. The molecule has 1 saturated heterocycles. The van der Waals surface area contributed by atoms with Crippen LogP contribution in [0.25, 0.3) is 0 Å². The van der Waals surface area contributed by atoms with Gasteiger partial charge in [-0.25, -0.2) is 4.98 Å². The Morgan fingerprint density at radius 1 is 1.20 bits per heavy atom. The molecule has 1 aliphatic rings. The van der Waals surface area contributed by atoms with Gasteiger partial charge in [-0.1, -0.05) is 12.1 Å². The summed E-state index contributed by atoms with van der Waals surface area (Å²) in [4.78, 5) is 6.69. The molecule has 0 amide bonds. The van der Waals surface area contributed by atoms with Gasteiger partial charge in [-0.05, 0) is 31.9 Å². The van der Waals surface area contributed by atoms with Crippen molar-refractivity contribution in [1.29, 1.82) is 0 Å². The molecule has 1 aliphatic heterocycles. The number of para-hydroxylation sites is 2. The number of anilines is 2. The summed E-state index contributed by atoms with van der Waals surface area (Å²) in [7, 11) is 0. The summed E-state index contributed by atoms with van der Waals surface area (Å²) in [5.74, 6) is 0. The molecule has 4 nitrogen and oxygen atoms in total. The number of nitrogens with one attached hydrogen (secondary N) is 1. The van der Waals surface area contributed by atoms with Gasteiger partial charge in [-0.15, -0.1) is 0 Å². The molecule has 1 aromatic heterocycles. The molecule has 2 heterocycles. The van der Waals surface area contributed by atoms with E-state index in [2.05, 4.69) is 51.0 Å². The molecule has 20 heavy (non-hydrogen) atoms. The van der Waals surface area contributed by atoms with E-state index in [1.54, 1.807) is 0 Å². The van der Waals surface area contributed by atoms with Gasteiger partial charge in [-0.2, -0.15) is 0 Å². The van der Waals surface area contributed by atoms with Gasteiger partial charge in [0.15, 0.2) is 0 Å². The highest BCUT2D eigenvalue weighted by atomic mass is 15.2. The maximum absolute atomic E-state index is 4.22. The molecule has 0 bridgehead atoms. The molecule has 0 spiro atoms. The van der Waals surface area contributed by atoms with E-state index in [0.29, 0.717) is 0 Å². The Bertz CT molecular complexity index is 555. The normalized spacial score (nSPS) is 14.8. The van der Waals surface area contributed by atoms with Crippen LogP contribution < -0.4 is 10.2 Å². The van der Waals surface area contributed by atoms with E-state index >= 15 is 0 Å². The van der Waals surface area contributed by atoms with E-state index < -0.39 is 0 Å². The minimum atomic E-state index is 0.818. The van der Waals surface area contributed by atoms with Crippen molar-refractivity contribution in [1.82, 2.24) is 9.55 Å². The SMILES string of the molecule is CCn1cncc1CNc1ccccc1N1CCCC1. The third-order valence-corrected chi connectivity index (χ3v) is 3.95. The summed E-state index contributed by atoms with van der Waals surface area (Å²) in [6.07, 6.45) is 6.44. The first-order chi connectivity index (χ1) is 9.88. The number of nitrogens with zero attached hydrogens (tertiary/aromatic N) is 3. The average molecular weight is 270 g/mol. The number of aryl methyl sites for hydroxylation is 1. The van der Waals surface area contributed by atoms with Crippen LogP contribution in [0.15, 0.2) is 36.8 Å². The van der Waals surface area contributed by atoms with Crippen molar-refractivity contribution in [3.05, 3.63) is 42.5 Å². The lowest BCUT2D eigenvalue weighted by atomic mass is 10.2. The Kier molecular flexibility index (Phi) is 3.90. The van der Waals surface area contributed by atoms with Gasteiger partial charge in [0.05, 0.1) is 29.9 Å². The summed E-state index contributed by atoms with van der Waals surface area (Å²) in [6.45, 7) is 6.27. The topological polar surface area (TPSA) is 33.1 Å². The number of imidazole rings is 1. The molecule has 1 N–H and O–H groups in total. The number of hydrogen-bond donors (Lipinski definition) is 1. The molecule has 3 rings (SSSR count). The fraction of sp³-hybridized carbons (Fsp3) is 0.438. The third kappa shape index (κ3) is 2.64. The quantitative estimate of drug-likeness (QED) is 0.906. The van der Waals surface area contributed by atoms with Crippen LogP contribution >= 0.6 is 0 Å². The first-order valence-corrected chi connectivity index (χ1v) is 7.45. The van der Waals surface area contributed by atoms with Gasteiger partial charge in [0, 0.05) is 25.8 Å². The first-order valence-electron chi connectivity index (χ1n) is 7.45. The van der Waals surface area contributed by atoms with Crippen LogP contribution in [0.5, 0.6) is 0 Å². The monoisotopic (exact) mass is 270 g/mol. The van der Waals surface area contributed by atoms with Crippen LogP contribution in [-0.4, -0.2) is 22.6 Å². The summed E-state index contributed by atoms with van der Waals surface area (Å²) in [6, 6.07) is 8.60. The van der Waals surface area contributed by atoms with Crippen LogP contribution in [0, 0.1) is 0 Å². The van der Waals surface area contributed by atoms with Gasteiger partial charge in [0.1, 0.15) is 0 Å². The van der Waals surface area contributed by atoms with Crippen molar-refractivity contribution in [3.63, 3.8) is 0 Å². The molecule has 0 aliphatic carbocycles. The van der Waals surface area contributed by atoms with E-state index in [1.165, 1.54) is 43.0 Å². The second-order valence-electron chi connectivity index (χ2n) is 5.24. The Morgan fingerprint density at radius 3 is 2.80 bits per heavy atom. The predicted octanol–water partition coefficient (Wildman–Crippen LogP) is 3.12. The summed E-state index contributed by atoms with van der Waals surface area (Å²) in [5, 5.41) is 3.56. The molecule has 2 aromatic rings. The number of rotatable bonds is 5. The van der Waals surface area contributed by atoms with E-state index in [0.717, 1.165) is 13.1 Å². The Balaban J connectivity index is 1.74. The molecule has 106 valence electrons. The zero-order chi connectivity index (χ0) is 13.8. The molecule has 1 aromatic carbocycles. The number of benzene rings is 1. The second kappa shape index (κ2) is 5.99. The van der Waals surface area contributed by atoms with Gasteiger partial charge in [0.2, 0.25) is 0 Å². The van der Waals surface area contributed by atoms with Crippen molar-refractivity contribution < 1.29 is 0 Å². The highest BCUT2D eigenvalue weighted by molar-refractivity contribution is 5.70. The predicted molar refractivity (Wildman–Crippen MR) is 83.1 cm³/mol. The standard InChI is InChI=1S/C16H22N4/c1-2-19-13-17-11-14(19)12-18-15-7-3-4-8-16(15)20-9-5-6-10-20/h3-4,7-8,11,13,18H,2,5-6,9-10,12H2,1H3. The third-order valence-electron chi connectivity index (χ3n) is 3.95. The molecule has 0 saturated carbocycles. The minimum absolute atomic E-state index is 0.818. The highest BCUT2D eigenvalue weighted by Gasteiger charge is 2.15. The molecular formula is C16H22N4. The van der Waals surface area contributed by atoms with Crippen molar-refractivity contribution in [2.45, 2.75) is 32.9 Å². The Hall–Kier alpha value is -1.97. The lowest BCUT2D eigenvalue weighted by Crippen LogP contribution is -2.19. The Labute approximate surface area is 120 Å². The molecular weight excluding hydrogens is 248 g/mol. The van der Waals surface area contributed by atoms with Crippen LogP contribution in [0.4, 0.5) is 11.4 Å². The van der Waals surface area contributed by atoms with Gasteiger partial charge in [-0.3, -0.25) is 0 Å². The smallest absolute Gasteiger partial charge is 0.0948 e. The molecule has 1 fully saturated rings. The fourth-order valence-electron chi connectivity index (χ4n) is 2.82. The molecule has 0 atom stereocenters. The average Bonchev–Trinajstić information content (AvgIpc) is 3.16. The highest BCUT2D eigenvalue weighted by Crippen LogP contribution is 2.28. The zero-order valence-corrected chi connectivity index (χ0v) is 12.0. The van der Waals surface area contributed by atoms with Crippen LogP contribution in [0.1, 0.15) is 25.5 Å². The first kappa shape index (κ1) is 13.0.